The predicted octanol–water partition coefficient (Wildman–Crippen LogP) is 10.7. The number of nitrogens with zero attached hydrogens (tertiary/aromatic N) is 3. The third kappa shape index (κ3) is 4.73. The van der Waals surface area contributed by atoms with Crippen molar-refractivity contribution < 1.29 is 9.15 Å². The summed E-state index contributed by atoms with van der Waals surface area (Å²) in [5, 5.41) is 2.05. The van der Waals surface area contributed by atoms with Crippen molar-refractivity contribution in [3.8, 4) is 28.3 Å². The fourth-order valence-corrected chi connectivity index (χ4v) is 7.67. The molecule has 0 amide bonds. The first-order chi connectivity index (χ1) is 24.8. The molecule has 2 aliphatic carbocycles. The third-order valence-corrected chi connectivity index (χ3v) is 10.1. The van der Waals surface area contributed by atoms with Crippen LogP contribution in [0.25, 0.3) is 55.6 Å². The van der Waals surface area contributed by atoms with E-state index in [2.05, 4.69) is 115 Å². The van der Waals surface area contributed by atoms with Crippen molar-refractivity contribution in [2.75, 3.05) is 0 Å². The van der Waals surface area contributed by atoms with Crippen molar-refractivity contribution >= 4 is 33.1 Å². The van der Waals surface area contributed by atoms with E-state index in [1.54, 1.807) is 0 Å². The van der Waals surface area contributed by atoms with Crippen LogP contribution in [0.4, 0.5) is 0 Å². The molecule has 0 bridgehead atoms. The van der Waals surface area contributed by atoms with Crippen molar-refractivity contribution in [3.05, 3.63) is 181 Å². The molecule has 0 fully saturated rings. The molecule has 1 aliphatic heterocycles. The number of rotatable bonds is 5. The lowest BCUT2D eigenvalue weighted by Crippen LogP contribution is -2.23. The molecule has 2 aromatic heterocycles. The van der Waals surface area contributed by atoms with Gasteiger partial charge in [-0.1, -0.05) is 134 Å². The lowest BCUT2D eigenvalue weighted by Gasteiger charge is -2.27. The van der Waals surface area contributed by atoms with Gasteiger partial charge in [-0.2, -0.15) is 0 Å². The Morgan fingerprint density at radius 1 is 0.600 bits per heavy atom. The standard InChI is InChI=1S/C45H31N3O2/c1-3-12-28(13-4-1)29-22-24-30(25-23-29)32-26-27-39-41(34-17-8-10-20-37(34)50-39)42(32)45-47-43(31-14-5-2-6-15-31)46-44(48-45)35-18-11-21-38-40(35)33-16-7-9-19-36(33)49-38/h1-14,16-27,31,39,41H,15H2. The summed E-state index contributed by atoms with van der Waals surface area (Å²) in [4.78, 5) is 15.9. The van der Waals surface area contributed by atoms with Gasteiger partial charge in [0.1, 0.15) is 28.8 Å². The van der Waals surface area contributed by atoms with Gasteiger partial charge < -0.3 is 9.15 Å². The monoisotopic (exact) mass is 645 g/mol. The Balaban J connectivity index is 1.22. The van der Waals surface area contributed by atoms with Crippen LogP contribution in [0.3, 0.4) is 0 Å². The number of para-hydroxylation sites is 2. The topological polar surface area (TPSA) is 61.0 Å². The molecule has 238 valence electrons. The maximum absolute atomic E-state index is 6.56. The van der Waals surface area contributed by atoms with Crippen LogP contribution < -0.4 is 4.74 Å². The van der Waals surface area contributed by atoms with Crippen LogP contribution in [0.1, 0.15) is 41.0 Å². The van der Waals surface area contributed by atoms with Gasteiger partial charge in [0.15, 0.2) is 11.6 Å². The molecular weight excluding hydrogens is 615 g/mol. The van der Waals surface area contributed by atoms with E-state index in [1.165, 1.54) is 11.1 Å². The fourth-order valence-electron chi connectivity index (χ4n) is 7.67. The summed E-state index contributed by atoms with van der Waals surface area (Å²) < 4.78 is 12.8. The minimum atomic E-state index is -0.169. The second-order valence-electron chi connectivity index (χ2n) is 13.0. The number of hydrogen-bond donors (Lipinski definition) is 0. The molecule has 5 heteroatoms. The van der Waals surface area contributed by atoms with Crippen molar-refractivity contribution in [3.63, 3.8) is 0 Å². The van der Waals surface area contributed by atoms with E-state index in [0.29, 0.717) is 11.6 Å². The van der Waals surface area contributed by atoms with E-state index in [0.717, 1.165) is 67.8 Å². The van der Waals surface area contributed by atoms with Crippen molar-refractivity contribution in [1.82, 2.24) is 15.0 Å². The minimum Gasteiger partial charge on any atom is -0.485 e. The van der Waals surface area contributed by atoms with E-state index in [1.807, 2.05) is 42.5 Å². The summed E-state index contributed by atoms with van der Waals surface area (Å²) in [6, 6.07) is 41.9. The van der Waals surface area contributed by atoms with Crippen LogP contribution >= 0.6 is 0 Å². The van der Waals surface area contributed by atoms with E-state index in [-0.39, 0.29) is 17.9 Å². The molecule has 50 heavy (non-hydrogen) atoms. The average molecular weight is 646 g/mol. The Morgan fingerprint density at radius 2 is 1.36 bits per heavy atom. The zero-order chi connectivity index (χ0) is 33.0. The summed E-state index contributed by atoms with van der Waals surface area (Å²) in [6.07, 6.45) is 13.6. The molecule has 5 aromatic carbocycles. The lowest BCUT2D eigenvalue weighted by molar-refractivity contribution is 0.271. The van der Waals surface area contributed by atoms with Crippen LogP contribution in [0.2, 0.25) is 0 Å². The van der Waals surface area contributed by atoms with Gasteiger partial charge in [-0.25, -0.2) is 15.0 Å². The second kappa shape index (κ2) is 11.7. The van der Waals surface area contributed by atoms with Crippen molar-refractivity contribution in [1.29, 1.82) is 0 Å². The number of fused-ring (bicyclic) bond motifs is 6. The maximum Gasteiger partial charge on any atom is 0.164 e. The van der Waals surface area contributed by atoms with Crippen molar-refractivity contribution in [2.24, 2.45) is 0 Å². The second-order valence-corrected chi connectivity index (χ2v) is 13.0. The fraction of sp³-hybridized carbons (Fsp3) is 0.0889. The molecule has 0 N–H and O–H groups in total. The van der Waals surface area contributed by atoms with Crippen molar-refractivity contribution in [2.45, 2.75) is 24.4 Å². The zero-order valence-electron chi connectivity index (χ0n) is 27.1. The molecule has 0 saturated heterocycles. The molecule has 10 rings (SSSR count). The Bertz CT molecular complexity index is 2560. The van der Waals surface area contributed by atoms with Crippen LogP contribution in [0.15, 0.2) is 162 Å². The highest BCUT2D eigenvalue weighted by Gasteiger charge is 2.41. The van der Waals surface area contributed by atoms with E-state index in [9.17, 15) is 0 Å². The maximum atomic E-state index is 6.56. The molecular formula is C45H31N3O2. The SMILES string of the molecule is C1=CCC(c2nc(C3=C(c4ccc(-c5ccccc5)cc4)C=CC4Oc5ccccc5C34)nc(-c3cccc4oc5ccccc5c34)n2)C=C1. The molecule has 5 nitrogen and oxygen atoms in total. The Hall–Kier alpha value is -6.33. The number of benzene rings is 5. The van der Waals surface area contributed by atoms with E-state index in [4.69, 9.17) is 24.1 Å². The van der Waals surface area contributed by atoms with Gasteiger partial charge >= 0.3 is 0 Å². The highest BCUT2D eigenvalue weighted by atomic mass is 16.5. The summed E-state index contributed by atoms with van der Waals surface area (Å²) in [5.74, 6) is 2.89. The summed E-state index contributed by atoms with van der Waals surface area (Å²) in [6.45, 7) is 0. The number of hydrogen-bond acceptors (Lipinski definition) is 5. The van der Waals surface area contributed by atoms with Gasteiger partial charge in [0.05, 0.1) is 5.92 Å². The van der Waals surface area contributed by atoms with Gasteiger partial charge in [-0.15, -0.1) is 0 Å². The first-order valence-corrected chi connectivity index (χ1v) is 17.1. The smallest absolute Gasteiger partial charge is 0.164 e. The largest absolute Gasteiger partial charge is 0.485 e. The summed E-state index contributed by atoms with van der Waals surface area (Å²) in [5.41, 5.74) is 9.30. The van der Waals surface area contributed by atoms with Gasteiger partial charge in [-0.3, -0.25) is 0 Å². The first-order valence-electron chi connectivity index (χ1n) is 17.1. The number of furan rings is 1. The Morgan fingerprint density at radius 3 is 2.24 bits per heavy atom. The molecule has 0 spiro atoms. The van der Waals surface area contributed by atoms with Gasteiger partial charge in [0, 0.05) is 33.4 Å². The van der Waals surface area contributed by atoms with Crippen LogP contribution in [-0.2, 0) is 0 Å². The van der Waals surface area contributed by atoms with Gasteiger partial charge in [0.2, 0.25) is 0 Å². The normalized spacial score (nSPS) is 19.2. The Labute approximate surface area is 289 Å². The first kappa shape index (κ1) is 28.7. The van der Waals surface area contributed by atoms with Crippen LogP contribution in [0.5, 0.6) is 5.75 Å². The zero-order valence-corrected chi connectivity index (χ0v) is 27.1. The summed E-state index contributed by atoms with van der Waals surface area (Å²) in [7, 11) is 0. The molecule has 3 unspecified atom stereocenters. The predicted molar refractivity (Wildman–Crippen MR) is 200 cm³/mol. The number of allylic oxidation sites excluding steroid dienone is 6. The van der Waals surface area contributed by atoms with E-state index < -0.39 is 0 Å². The highest BCUT2D eigenvalue weighted by molar-refractivity contribution is 6.11. The number of aromatic nitrogens is 3. The lowest BCUT2D eigenvalue weighted by atomic mass is 9.79. The van der Waals surface area contributed by atoms with Crippen LogP contribution in [-0.4, -0.2) is 21.1 Å². The molecule has 0 radical (unpaired) electrons. The minimum absolute atomic E-state index is 0.0250. The molecule has 0 saturated carbocycles. The van der Waals surface area contributed by atoms with Gasteiger partial charge in [-0.05, 0) is 53.0 Å². The van der Waals surface area contributed by atoms with Gasteiger partial charge in [0.25, 0.3) is 0 Å². The third-order valence-electron chi connectivity index (χ3n) is 10.1. The average Bonchev–Trinajstić information content (AvgIpc) is 3.77. The Kier molecular flexibility index (Phi) is 6.69. The molecule has 3 aliphatic rings. The van der Waals surface area contributed by atoms with E-state index >= 15 is 0 Å². The molecule has 7 aromatic rings. The summed E-state index contributed by atoms with van der Waals surface area (Å²) >= 11 is 0. The molecule has 3 heterocycles. The number of ether oxygens (including phenoxy) is 1. The van der Waals surface area contributed by atoms with Crippen LogP contribution in [0, 0.1) is 0 Å². The highest BCUT2D eigenvalue weighted by Crippen LogP contribution is 2.51. The quantitative estimate of drug-likeness (QED) is 0.186. The molecule has 3 atom stereocenters.